The van der Waals surface area contributed by atoms with Crippen LogP contribution in [-0.2, 0) is 16.1 Å². The van der Waals surface area contributed by atoms with Crippen molar-refractivity contribution in [3.8, 4) is 5.75 Å². The van der Waals surface area contributed by atoms with Gasteiger partial charge in [0.25, 0.3) is 5.91 Å². The predicted molar refractivity (Wildman–Crippen MR) is 102 cm³/mol. The number of benzene rings is 2. The van der Waals surface area contributed by atoms with E-state index in [1.165, 1.54) is 12.1 Å². The van der Waals surface area contributed by atoms with Gasteiger partial charge in [0.2, 0.25) is 0 Å². The number of halogens is 1. The second-order valence-corrected chi connectivity index (χ2v) is 6.75. The molecular formula is C22H24FNO4. The fourth-order valence-electron chi connectivity index (χ4n) is 3.30. The topological polar surface area (TPSA) is 55.8 Å². The zero-order valence-corrected chi connectivity index (χ0v) is 15.9. The molecule has 0 saturated carbocycles. The number of nitrogens with zero attached hydrogens (tertiary/aromatic N) is 1. The summed E-state index contributed by atoms with van der Waals surface area (Å²) in [4.78, 5) is 26.8. The minimum Gasteiger partial charge on any atom is -0.488 e. The number of esters is 1. The SMILES string of the molecule is CCOC(=O)C1CCCN(C(=O)c2ccccc2OCc2ccc(F)cc2)C1. The van der Waals surface area contributed by atoms with Crippen molar-refractivity contribution < 1.29 is 23.5 Å². The standard InChI is InChI=1S/C22H24FNO4/c1-2-27-22(26)17-6-5-13-24(14-17)21(25)19-7-3-4-8-20(19)28-15-16-9-11-18(23)12-10-16/h3-4,7-12,17H,2,5-6,13-15H2,1H3. The first-order valence-corrected chi connectivity index (χ1v) is 9.50. The van der Waals surface area contributed by atoms with Crippen LogP contribution in [0, 0.1) is 11.7 Å². The average Bonchev–Trinajstić information content (AvgIpc) is 2.73. The van der Waals surface area contributed by atoms with Crippen molar-refractivity contribution in [2.24, 2.45) is 5.92 Å². The average molecular weight is 385 g/mol. The van der Waals surface area contributed by atoms with Crippen molar-refractivity contribution in [1.29, 1.82) is 0 Å². The summed E-state index contributed by atoms with van der Waals surface area (Å²) >= 11 is 0. The number of hydrogen-bond donors (Lipinski definition) is 0. The lowest BCUT2D eigenvalue weighted by Crippen LogP contribution is -2.42. The third-order valence-electron chi connectivity index (χ3n) is 4.75. The van der Waals surface area contributed by atoms with Gasteiger partial charge in [-0.2, -0.15) is 0 Å². The Morgan fingerprint density at radius 2 is 1.89 bits per heavy atom. The van der Waals surface area contributed by atoms with Crippen LogP contribution in [0.15, 0.2) is 48.5 Å². The van der Waals surface area contributed by atoms with Crippen LogP contribution >= 0.6 is 0 Å². The van der Waals surface area contributed by atoms with E-state index in [1.807, 2.05) is 0 Å². The van der Waals surface area contributed by atoms with E-state index in [4.69, 9.17) is 9.47 Å². The van der Waals surface area contributed by atoms with Crippen LogP contribution in [0.1, 0.15) is 35.7 Å². The third-order valence-corrected chi connectivity index (χ3v) is 4.75. The van der Waals surface area contributed by atoms with Gasteiger partial charge in [0, 0.05) is 13.1 Å². The van der Waals surface area contributed by atoms with E-state index in [0.29, 0.717) is 31.0 Å². The molecule has 0 bridgehead atoms. The summed E-state index contributed by atoms with van der Waals surface area (Å²) in [5, 5.41) is 0. The highest BCUT2D eigenvalue weighted by molar-refractivity contribution is 5.97. The Kier molecular flexibility index (Phi) is 6.63. The molecule has 1 unspecified atom stereocenters. The number of carbonyl (C=O) groups is 2. The lowest BCUT2D eigenvalue weighted by atomic mass is 9.97. The van der Waals surface area contributed by atoms with Crippen molar-refractivity contribution in [3.63, 3.8) is 0 Å². The summed E-state index contributed by atoms with van der Waals surface area (Å²) in [7, 11) is 0. The summed E-state index contributed by atoms with van der Waals surface area (Å²) in [5.41, 5.74) is 1.26. The lowest BCUT2D eigenvalue weighted by molar-refractivity contribution is -0.149. The Hall–Kier alpha value is -2.89. The summed E-state index contributed by atoms with van der Waals surface area (Å²) in [5.74, 6) is -0.537. The van der Waals surface area contributed by atoms with Crippen molar-refractivity contribution in [3.05, 3.63) is 65.5 Å². The molecule has 1 aliphatic heterocycles. The lowest BCUT2D eigenvalue weighted by Gasteiger charge is -2.32. The molecule has 6 heteroatoms. The van der Waals surface area contributed by atoms with Gasteiger partial charge >= 0.3 is 5.97 Å². The van der Waals surface area contributed by atoms with Gasteiger partial charge in [-0.3, -0.25) is 9.59 Å². The first-order valence-electron chi connectivity index (χ1n) is 9.50. The Morgan fingerprint density at radius 1 is 1.14 bits per heavy atom. The summed E-state index contributed by atoms with van der Waals surface area (Å²) in [6, 6.07) is 13.1. The molecule has 0 aromatic heterocycles. The maximum Gasteiger partial charge on any atom is 0.310 e. The summed E-state index contributed by atoms with van der Waals surface area (Å²) in [6.45, 7) is 3.29. The van der Waals surface area contributed by atoms with Gasteiger partial charge in [-0.25, -0.2) is 4.39 Å². The van der Waals surface area contributed by atoms with E-state index in [1.54, 1.807) is 48.2 Å². The molecule has 3 rings (SSSR count). The van der Waals surface area contributed by atoms with Crippen LogP contribution in [0.2, 0.25) is 0 Å². The smallest absolute Gasteiger partial charge is 0.310 e. The molecule has 0 radical (unpaired) electrons. The molecule has 1 saturated heterocycles. The maximum absolute atomic E-state index is 13.0. The molecule has 2 aromatic carbocycles. The van der Waals surface area contributed by atoms with Crippen LogP contribution in [-0.4, -0.2) is 36.5 Å². The Morgan fingerprint density at radius 3 is 2.64 bits per heavy atom. The number of amides is 1. The molecular weight excluding hydrogens is 361 g/mol. The van der Waals surface area contributed by atoms with Gasteiger partial charge in [0.15, 0.2) is 0 Å². The molecule has 1 heterocycles. The van der Waals surface area contributed by atoms with Gasteiger partial charge in [0.05, 0.1) is 18.1 Å². The van der Waals surface area contributed by atoms with Crippen LogP contribution in [0.5, 0.6) is 5.75 Å². The molecule has 0 N–H and O–H groups in total. The quantitative estimate of drug-likeness (QED) is 0.710. The molecule has 0 aliphatic carbocycles. The van der Waals surface area contributed by atoms with E-state index in [2.05, 4.69) is 0 Å². The molecule has 1 aliphatic rings. The van der Waals surface area contributed by atoms with E-state index < -0.39 is 0 Å². The van der Waals surface area contributed by atoms with E-state index in [-0.39, 0.29) is 30.2 Å². The van der Waals surface area contributed by atoms with Gasteiger partial charge in [0.1, 0.15) is 18.2 Å². The fraction of sp³-hybridized carbons (Fsp3) is 0.364. The zero-order chi connectivity index (χ0) is 19.9. The first kappa shape index (κ1) is 19.9. The van der Waals surface area contributed by atoms with Crippen molar-refractivity contribution in [2.75, 3.05) is 19.7 Å². The Balaban J connectivity index is 1.69. The molecule has 148 valence electrons. The van der Waals surface area contributed by atoms with Crippen molar-refractivity contribution in [1.82, 2.24) is 4.90 Å². The largest absolute Gasteiger partial charge is 0.488 e. The second kappa shape index (κ2) is 9.35. The maximum atomic E-state index is 13.0. The second-order valence-electron chi connectivity index (χ2n) is 6.75. The van der Waals surface area contributed by atoms with Gasteiger partial charge in [-0.15, -0.1) is 0 Å². The van der Waals surface area contributed by atoms with Crippen LogP contribution in [0.3, 0.4) is 0 Å². The molecule has 5 nitrogen and oxygen atoms in total. The molecule has 1 amide bonds. The molecule has 2 aromatic rings. The molecule has 1 fully saturated rings. The number of rotatable bonds is 6. The predicted octanol–water partition coefficient (Wildman–Crippen LogP) is 3.82. The number of piperidine rings is 1. The van der Waals surface area contributed by atoms with Crippen LogP contribution in [0.4, 0.5) is 4.39 Å². The normalized spacial score (nSPS) is 16.5. The highest BCUT2D eigenvalue weighted by atomic mass is 19.1. The van der Waals surface area contributed by atoms with E-state index in [9.17, 15) is 14.0 Å². The number of hydrogen-bond acceptors (Lipinski definition) is 4. The number of para-hydroxylation sites is 1. The van der Waals surface area contributed by atoms with E-state index in [0.717, 1.165) is 18.4 Å². The summed E-state index contributed by atoms with van der Waals surface area (Å²) in [6.07, 6.45) is 1.49. The van der Waals surface area contributed by atoms with Crippen LogP contribution in [0.25, 0.3) is 0 Å². The first-order chi connectivity index (χ1) is 13.6. The number of ether oxygens (including phenoxy) is 2. The van der Waals surface area contributed by atoms with Gasteiger partial charge in [-0.05, 0) is 49.6 Å². The fourth-order valence-corrected chi connectivity index (χ4v) is 3.30. The zero-order valence-electron chi connectivity index (χ0n) is 15.9. The van der Waals surface area contributed by atoms with Gasteiger partial charge in [-0.1, -0.05) is 24.3 Å². The number of likely N-dealkylation sites (tertiary alicyclic amines) is 1. The summed E-state index contributed by atoms with van der Waals surface area (Å²) < 4.78 is 24.0. The van der Waals surface area contributed by atoms with Gasteiger partial charge < -0.3 is 14.4 Å². The monoisotopic (exact) mass is 385 g/mol. The highest BCUT2D eigenvalue weighted by Gasteiger charge is 2.30. The van der Waals surface area contributed by atoms with Crippen LogP contribution < -0.4 is 4.74 Å². The van der Waals surface area contributed by atoms with Crippen molar-refractivity contribution >= 4 is 11.9 Å². The number of carbonyl (C=O) groups excluding carboxylic acids is 2. The molecule has 28 heavy (non-hydrogen) atoms. The third kappa shape index (κ3) is 4.88. The Labute approximate surface area is 164 Å². The minimum atomic E-state index is -0.305. The Bertz CT molecular complexity index is 822. The highest BCUT2D eigenvalue weighted by Crippen LogP contribution is 2.25. The van der Waals surface area contributed by atoms with E-state index >= 15 is 0 Å². The minimum absolute atomic E-state index is 0.163. The molecule has 0 spiro atoms. The van der Waals surface area contributed by atoms with Crippen molar-refractivity contribution in [2.45, 2.75) is 26.4 Å². The molecule has 1 atom stereocenters.